The smallest absolute Gasteiger partial charge is 0.126 e. The number of ether oxygens (including phenoxy) is 1. The van der Waals surface area contributed by atoms with Gasteiger partial charge in [0.25, 0.3) is 0 Å². The Balaban J connectivity index is 1.76. The fourth-order valence-electron chi connectivity index (χ4n) is 3.90. The molecule has 0 aromatic heterocycles. The maximum Gasteiger partial charge on any atom is 0.126 e. The maximum absolute atomic E-state index is 5.58. The summed E-state index contributed by atoms with van der Waals surface area (Å²) in [6, 6.07) is 13.7. The zero-order valence-electron chi connectivity index (χ0n) is 13.9. The van der Waals surface area contributed by atoms with Crippen LogP contribution in [0.15, 0.2) is 36.4 Å². The molecule has 23 heavy (non-hydrogen) atoms. The minimum Gasteiger partial charge on any atom is -0.496 e. The van der Waals surface area contributed by atoms with E-state index in [1.54, 1.807) is 7.11 Å². The van der Waals surface area contributed by atoms with Gasteiger partial charge in [0.2, 0.25) is 0 Å². The molecule has 1 saturated heterocycles. The van der Waals surface area contributed by atoms with Gasteiger partial charge >= 0.3 is 0 Å². The molecule has 1 aliphatic carbocycles. The Morgan fingerprint density at radius 1 is 1.09 bits per heavy atom. The van der Waals surface area contributed by atoms with Crippen LogP contribution in [0.2, 0.25) is 0 Å². The van der Waals surface area contributed by atoms with Crippen LogP contribution in [0, 0.1) is 5.92 Å². The van der Waals surface area contributed by atoms with Crippen molar-refractivity contribution in [2.75, 3.05) is 33.3 Å². The van der Waals surface area contributed by atoms with E-state index in [0.717, 1.165) is 37.8 Å². The summed E-state index contributed by atoms with van der Waals surface area (Å²) in [5.41, 5.74) is 1.48. The summed E-state index contributed by atoms with van der Waals surface area (Å²) in [7, 11) is 1.76. The van der Waals surface area contributed by atoms with Crippen LogP contribution in [0.1, 0.15) is 30.9 Å². The Labute approximate surface area is 138 Å². The second-order valence-corrected chi connectivity index (χ2v) is 6.88. The normalized spacial score (nSPS) is 20.6. The molecule has 0 unspecified atom stereocenters. The average molecular weight is 310 g/mol. The molecule has 0 amide bonds. The molecule has 1 atom stereocenters. The van der Waals surface area contributed by atoms with Crippen molar-refractivity contribution in [3.8, 4) is 5.75 Å². The fourth-order valence-corrected chi connectivity index (χ4v) is 3.90. The predicted molar refractivity (Wildman–Crippen MR) is 95.0 cm³/mol. The Hall–Kier alpha value is -1.58. The van der Waals surface area contributed by atoms with Crippen molar-refractivity contribution < 1.29 is 4.74 Å². The van der Waals surface area contributed by atoms with Crippen LogP contribution in [-0.4, -0.2) is 38.2 Å². The number of nitrogens with one attached hydrogen (secondary N) is 1. The molecule has 0 radical (unpaired) electrons. The molecular formula is C20H26N2O. The molecule has 0 bridgehead atoms. The number of nitrogens with zero attached hydrogens (tertiary/aromatic N) is 1. The molecule has 1 N–H and O–H groups in total. The summed E-state index contributed by atoms with van der Waals surface area (Å²) < 4.78 is 5.58. The van der Waals surface area contributed by atoms with Crippen LogP contribution in [0.5, 0.6) is 5.75 Å². The minimum absolute atomic E-state index is 0.542. The minimum atomic E-state index is 0.542. The molecule has 3 nitrogen and oxygen atoms in total. The average Bonchev–Trinajstić information content (AvgIpc) is 3.44. The van der Waals surface area contributed by atoms with Crippen molar-refractivity contribution in [1.82, 2.24) is 10.2 Å². The van der Waals surface area contributed by atoms with Gasteiger partial charge in [0, 0.05) is 37.6 Å². The standard InChI is InChI=1S/C20H26N2O/c1-23-20-9-8-17(16-4-2-3-5-18(16)20)19(14-15-6-7-15)22-12-10-21-11-13-22/h2-5,8-9,15,19,21H,6-7,10-14H2,1H3/t19-/m1/s1. The van der Waals surface area contributed by atoms with Gasteiger partial charge < -0.3 is 10.1 Å². The third kappa shape index (κ3) is 3.08. The van der Waals surface area contributed by atoms with E-state index in [2.05, 4.69) is 46.6 Å². The number of rotatable bonds is 5. The lowest BCUT2D eigenvalue weighted by molar-refractivity contribution is 0.161. The fraction of sp³-hybridized carbons (Fsp3) is 0.500. The lowest BCUT2D eigenvalue weighted by Gasteiger charge is -2.36. The summed E-state index contributed by atoms with van der Waals surface area (Å²) in [6.07, 6.45) is 4.13. The number of piperazine rings is 1. The maximum atomic E-state index is 5.58. The van der Waals surface area contributed by atoms with E-state index in [1.807, 2.05) is 0 Å². The second kappa shape index (κ2) is 6.50. The number of methoxy groups -OCH3 is 1. The molecule has 1 aliphatic heterocycles. The molecule has 0 spiro atoms. The molecule has 2 aliphatic rings. The van der Waals surface area contributed by atoms with E-state index in [9.17, 15) is 0 Å². The van der Waals surface area contributed by atoms with Crippen LogP contribution in [0.25, 0.3) is 10.8 Å². The Morgan fingerprint density at radius 2 is 1.83 bits per heavy atom. The quantitative estimate of drug-likeness (QED) is 0.913. The van der Waals surface area contributed by atoms with Gasteiger partial charge in [-0.05, 0) is 29.4 Å². The number of benzene rings is 2. The van der Waals surface area contributed by atoms with E-state index in [4.69, 9.17) is 4.74 Å². The number of hydrogen-bond donors (Lipinski definition) is 1. The summed E-state index contributed by atoms with van der Waals surface area (Å²) in [6.45, 7) is 4.51. The molecule has 2 fully saturated rings. The predicted octanol–water partition coefficient (Wildman–Crippen LogP) is 3.59. The van der Waals surface area contributed by atoms with Crippen molar-refractivity contribution in [3.05, 3.63) is 42.0 Å². The molecule has 1 heterocycles. The highest BCUT2D eigenvalue weighted by Gasteiger charge is 2.31. The second-order valence-electron chi connectivity index (χ2n) is 6.88. The Morgan fingerprint density at radius 3 is 2.52 bits per heavy atom. The van der Waals surface area contributed by atoms with Crippen molar-refractivity contribution >= 4 is 10.8 Å². The first-order chi connectivity index (χ1) is 11.4. The van der Waals surface area contributed by atoms with Gasteiger partial charge in [-0.25, -0.2) is 0 Å². The van der Waals surface area contributed by atoms with E-state index >= 15 is 0 Å². The first-order valence-corrected chi connectivity index (χ1v) is 8.87. The lowest BCUT2D eigenvalue weighted by Crippen LogP contribution is -2.45. The molecule has 2 aromatic rings. The third-order valence-corrected chi connectivity index (χ3v) is 5.34. The van der Waals surface area contributed by atoms with Crippen LogP contribution >= 0.6 is 0 Å². The van der Waals surface area contributed by atoms with Gasteiger partial charge in [0.1, 0.15) is 5.75 Å². The van der Waals surface area contributed by atoms with E-state index in [-0.39, 0.29) is 0 Å². The van der Waals surface area contributed by atoms with Crippen LogP contribution in [-0.2, 0) is 0 Å². The van der Waals surface area contributed by atoms with Crippen molar-refractivity contribution in [1.29, 1.82) is 0 Å². The van der Waals surface area contributed by atoms with Gasteiger partial charge in [0.15, 0.2) is 0 Å². The van der Waals surface area contributed by atoms with E-state index in [0.29, 0.717) is 6.04 Å². The summed E-state index contributed by atoms with van der Waals surface area (Å²) in [5.74, 6) is 1.91. The highest BCUT2D eigenvalue weighted by molar-refractivity contribution is 5.91. The van der Waals surface area contributed by atoms with Crippen molar-refractivity contribution in [3.63, 3.8) is 0 Å². The monoisotopic (exact) mass is 310 g/mol. The van der Waals surface area contributed by atoms with Crippen LogP contribution in [0.3, 0.4) is 0 Å². The summed E-state index contributed by atoms with van der Waals surface area (Å²) in [4.78, 5) is 2.68. The zero-order valence-corrected chi connectivity index (χ0v) is 13.9. The van der Waals surface area contributed by atoms with E-state index in [1.165, 1.54) is 35.6 Å². The number of fused-ring (bicyclic) bond motifs is 1. The topological polar surface area (TPSA) is 24.5 Å². The molecule has 3 heteroatoms. The molecule has 4 rings (SSSR count). The van der Waals surface area contributed by atoms with Crippen LogP contribution in [0.4, 0.5) is 0 Å². The summed E-state index contributed by atoms with van der Waals surface area (Å²) in [5, 5.41) is 6.08. The van der Waals surface area contributed by atoms with Gasteiger partial charge in [-0.15, -0.1) is 0 Å². The SMILES string of the molecule is COc1ccc([C@@H](CC2CC2)N2CCNCC2)c2ccccc12. The molecule has 122 valence electrons. The van der Waals surface area contributed by atoms with Crippen LogP contribution < -0.4 is 10.1 Å². The van der Waals surface area contributed by atoms with E-state index < -0.39 is 0 Å². The van der Waals surface area contributed by atoms with Gasteiger partial charge in [-0.1, -0.05) is 43.2 Å². The van der Waals surface area contributed by atoms with Crippen molar-refractivity contribution in [2.24, 2.45) is 5.92 Å². The molecule has 1 saturated carbocycles. The molecule has 2 aromatic carbocycles. The summed E-state index contributed by atoms with van der Waals surface area (Å²) >= 11 is 0. The van der Waals surface area contributed by atoms with Gasteiger partial charge in [-0.2, -0.15) is 0 Å². The largest absolute Gasteiger partial charge is 0.496 e. The zero-order chi connectivity index (χ0) is 15.6. The Bertz CT molecular complexity index is 674. The highest BCUT2D eigenvalue weighted by atomic mass is 16.5. The number of hydrogen-bond acceptors (Lipinski definition) is 3. The lowest BCUT2D eigenvalue weighted by atomic mass is 9.93. The van der Waals surface area contributed by atoms with Gasteiger partial charge in [-0.3, -0.25) is 4.90 Å². The first kappa shape index (κ1) is 15.0. The highest BCUT2D eigenvalue weighted by Crippen LogP contribution is 2.42. The third-order valence-electron chi connectivity index (χ3n) is 5.34. The Kier molecular flexibility index (Phi) is 4.23. The van der Waals surface area contributed by atoms with Gasteiger partial charge in [0.05, 0.1) is 7.11 Å². The molecular weight excluding hydrogens is 284 g/mol. The first-order valence-electron chi connectivity index (χ1n) is 8.87. The van der Waals surface area contributed by atoms with Crippen molar-refractivity contribution in [2.45, 2.75) is 25.3 Å².